The quantitative estimate of drug-likeness (QED) is 0.620. The first kappa shape index (κ1) is 24.4. The minimum Gasteiger partial charge on any atom is -0.339 e. The second-order valence-electron chi connectivity index (χ2n) is 8.60. The van der Waals surface area contributed by atoms with Crippen molar-refractivity contribution in [1.82, 2.24) is 14.5 Å². The number of amides is 1. The Hall–Kier alpha value is -2.22. The normalized spacial score (nSPS) is 15.6. The van der Waals surface area contributed by atoms with Crippen LogP contribution in [0.2, 0.25) is 0 Å². The van der Waals surface area contributed by atoms with E-state index in [1.807, 2.05) is 26.0 Å². The van der Waals surface area contributed by atoms with Gasteiger partial charge in [0.1, 0.15) is 0 Å². The van der Waals surface area contributed by atoms with E-state index >= 15 is 0 Å². The van der Waals surface area contributed by atoms with Gasteiger partial charge in [0.2, 0.25) is 10.0 Å². The number of carbonyl (C=O) groups excluding carboxylic acids is 1. The van der Waals surface area contributed by atoms with Gasteiger partial charge in [-0.25, -0.2) is 13.1 Å². The molecule has 174 valence electrons. The van der Waals surface area contributed by atoms with Gasteiger partial charge >= 0.3 is 0 Å². The molecule has 2 aromatic rings. The Balaban J connectivity index is 1.60. The van der Waals surface area contributed by atoms with E-state index in [1.165, 1.54) is 30.5 Å². The van der Waals surface area contributed by atoms with Crippen molar-refractivity contribution in [3.8, 4) is 0 Å². The number of sulfonamides is 1. The van der Waals surface area contributed by atoms with Gasteiger partial charge in [-0.2, -0.15) is 0 Å². The summed E-state index contributed by atoms with van der Waals surface area (Å²) in [7, 11) is -3.66. The van der Waals surface area contributed by atoms with Crippen LogP contribution >= 0.6 is 0 Å². The van der Waals surface area contributed by atoms with Crippen molar-refractivity contribution in [3.05, 3.63) is 65.2 Å². The summed E-state index contributed by atoms with van der Waals surface area (Å²) in [6.45, 7) is 10.7. The summed E-state index contributed by atoms with van der Waals surface area (Å²) in [5.74, 6) is 0.711. The molecule has 2 aromatic carbocycles. The maximum Gasteiger partial charge on any atom is 0.253 e. The summed E-state index contributed by atoms with van der Waals surface area (Å²) in [4.78, 5) is 16.8. The molecule has 1 N–H and O–H groups in total. The average molecular weight is 458 g/mol. The van der Waals surface area contributed by atoms with Crippen LogP contribution in [-0.2, 0) is 23.1 Å². The van der Waals surface area contributed by atoms with Crippen molar-refractivity contribution >= 4 is 15.9 Å². The molecular weight excluding hydrogens is 422 g/mol. The van der Waals surface area contributed by atoms with Gasteiger partial charge in [0, 0.05) is 31.7 Å². The van der Waals surface area contributed by atoms with Gasteiger partial charge in [-0.3, -0.25) is 9.69 Å². The van der Waals surface area contributed by atoms with Gasteiger partial charge in [0.05, 0.1) is 4.90 Å². The van der Waals surface area contributed by atoms with Crippen LogP contribution in [0, 0.1) is 5.92 Å². The smallest absolute Gasteiger partial charge is 0.253 e. The Labute approximate surface area is 192 Å². The van der Waals surface area contributed by atoms with Crippen LogP contribution in [0.15, 0.2) is 53.4 Å². The third-order valence-electron chi connectivity index (χ3n) is 6.20. The molecule has 0 unspecified atom stereocenters. The summed E-state index contributed by atoms with van der Waals surface area (Å²) in [6.07, 6.45) is 2.47. The summed E-state index contributed by atoms with van der Waals surface area (Å²) in [5, 5.41) is 0. The van der Waals surface area contributed by atoms with Crippen LogP contribution in [0.4, 0.5) is 0 Å². The first-order chi connectivity index (χ1) is 15.3. The summed E-state index contributed by atoms with van der Waals surface area (Å²) in [6, 6.07) is 14.2. The van der Waals surface area contributed by atoms with E-state index in [-0.39, 0.29) is 17.3 Å². The highest BCUT2D eigenvalue weighted by Crippen LogP contribution is 2.19. The van der Waals surface area contributed by atoms with Gasteiger partial charge in [-0.1, -0.05) is 31.2 Å². The molecule has 0 aliphatic carbocycles. The topological polar surface area (TPSA) is 69.7 Å². The SMILES string of the molecule is CCN(CC)C(=O)c1ccc(S(=O)(=O)NCc2cccc(CN3CCC(C)CC3)c2)cc1. The first-order valence-electron chi connectivity index (χ1n) is 11.5. The Morgan fingerprint density at radius 1 is 1.03 bits per heavy atom. The number of hydrogen-bond donors (Lipinski definition) is 1. The van der Waals surface area contributed by atoms with E-state index in [0.29, 0.717) is 18.7 Å². The summed E-state index contributed by atoms with van der Waals surface area (Å²) >= 11 is 0. The monoisotopic (exact) mass is 457 g/mol. The third-order valence-corrected chi connectivity index (χ3v) is 7.62. The second-order valence-corrected chi connectivity index (χ2v) is 10.4. The number of hydrogen-bond acceptors (Lipinski definition) is 4. The molecule has 1 aliphatic heterocycles. The zero-order valence-electron chi connectivity index (χ0n) is 19.4. The van der Waals surface area contributed by atoms with Gasteiger partial charge in [-0.05, 0) is 81.1 Å². The lowest BCUT2D eigenvalue weighted by Gasteiger charge is -2.30. The molecule has 0 bridgehead atoms. The molecule has 1 fully saturated rings. The van der Waals surface area contributed by atoms with Crippen LogP contribution in [0.1, 0.15) is 55.1 Å². The number of likely N-dealkylation sites (tertiary alicyclic amines) is 1. The molecule has 0 atom stereocenters. The van der Waals surface area contributed by atoms with E-state index in [9.17, 15) is 13.2 Å². The standard InChI is InChI=1S/C25H35N3O3S/c1-4-28(5-2)25(29)23-9-11-24(12-10-23)32(30,31)26-18-21-7-6-8-22(17-21)19-27-15-13-20(3)14-16-27/h6-12,17,20,26H,4-5,13-16,18-19H2,1-3H3. The molecule has 1 aliphatic rings. The van der Waals surface area contributed by atoms with Crippen LogP contribution in [-0.4, -0.2) is 50.3 Å². The zero-order valence-corrected chi connectivity index (χ0v) is 20.2. The highest BCUT2D eigenvalue weighted by Gasteiger charge is 2.18. The molecule has 0 spiro atoms. The Morgan fingerprint density at radius 3 is 2.28 bits per heavy atom. The number of carbonyl (C=O) groups is 1. The van der Waals surface area contributed by atoms with Crippen LogP contribution in [0.3, 0.4) is 0 Å². The third kappa shape index (κ3) is 6.40. The highest BCUT2D eigenvalue weighted by atomic mass is 32.2. The molecular formula is C25H35N3O3S. The fourth-order valence-electron chi connectivity index (χ4n) is 4.05. The number of piperidine rings is 1. The molecule has 1 saturated heterocycles. The zero-order chi connectivity index (χ0) is 23.1. The van der Waals surface area contributed by atoms with E-state index < -0.39 is 10.0 Å². The van der Waals surface area contributed by atoms with E-state index in [4.69, 9.17) is 0 Å². The Morgan fingerprint density at radius 2 is 1.66 bits per heavy atom. The van der Waals surface area contributed by atoms with Gasteiger partial charge in [0.15, 0.2) is 0 Å². The van der Waals surface area contributed by atoms with Crippen molar-refractivity contribution < 1.29 is 13.2 Å². The van der Waals surface area contributed by atoms with E-state index in [0.717, 1.165) is 31.1 Å². The molecule has 0 aromatic heterocycles. The second kappa shape index (κ2) is 11.1. The molecule has 0 saturated carbocycles. The molecule has 1 heterocycles. The van der Waals surface area contributed by atoms with E-state index in [1.54, 1.807) is 17.0 Å². The predicted octanol–water partition coefficient (Wildman–Crippen LogP) is 3.88. The fourth-order valence-corrected chi connectivity index (χ4v) is 5.07. The highest BCUT2D eigenvalue weighted by molar-refractivity contribution is 7.89. The average Bonchev–Trinajstić information content (AvgIpc) is 2.80. The number of rotatable bonds is 9. The molecule has 32 heavy (non-hydrogen) atoms. The number of nitrogens with one attached hydrogen (secondary N) is 1. The fraction of sp³-hybridized carbons (Fsp3) is 0.480. The molecule has 6 nitrogen and oxygen atoms in total. The summed E-state index contributed by atoms with van der Waals surface area (Å²) in [5.41, 5.74) is 2.63. The van der Waals surface area contributed by atoms with Crippen molar-refractivity contribution in [2.45, 2.75) is 51.6 Å². The van der Waals surface area contributed by atoms with Crippen LogP contribution in [0.25, 0.3) is 0 Å². The minimum atomic E-state index is -3.66. The maximum atomic E-state index is 12.8. The molecule has 1 amide bonds. The molecule has 3 rings (SSSR count). The van der Waals surface area contributed by atoms with Crippen molar-refractivity contribution in [3.63, 3.8) is 0 Å². The maximum absolute atomic E-state index is 12.8. The first-order valence-corrected chi connectivity index (χ1v) is 13.0. The predicted molar refractivity (Wildman–Crippen MR) is 128 cm³/mol. The van der Waals surface area contributed by atoms with Gasteiger partial charge < -0.3 is 4.90 Å². The largest absolute Gasteiger partial charge is 0.339 e. The summed E-state index contributed by atoms with van der Waals surface area (Å²) < 4.78 is 28.2. The van der Waals surface area contributed by atoms with Crippen molar-refractivity contribution in [2.75, 3.05) is 26.2 Å². The lowest BCUT2D eigenvalue weighted by molar-refractivity contribution is 0.0773. The van der Waals surface area contributed by atoms with E-state index in [2.05, 4.69) is 28.7 Å². The molecule has 7 heteroatoms. The number of nitrogens with zero attached hydrogens (tertiary/aromatic N) is 2. The number of benzene rings is 2. The lowest BCUT2D eigenvalue weighted by Crippen LogP contribution is -2.32. The Kier molecular flexibility index (Phi) is 8.45. The van der Waals surface area contributed by atoms with Crippen LogP contribution in [0.5, 0.6) is 0 Å². The van der Waals surface area contributed by atoms with Gasteiger partial charge in [-0.15, -0.1) is 0 Å². The molecule has 0 radical (unpaired) electrons. The minimum absolute atomic E-state index is 0.0908. The lowest BCUT2D eigenvalue weighted by atomic mass is 9.98. The van der Waals surface area contributed by atoms with Gasteiger partial charge in [0.25, 0.3) is 5.91 Å². The van der Waals surface area contributed by atoms with Crippen molar-refractivity contribution in [1.29, 1.82) is 0 Å². The Bertz CT molecular complexity index is 993. The van der Waals surface area contributed by atoms with Crippen molar-refractivity contribution in [2.24, 2.45) is 5.92 Å². The van der Waals surface area contributed by atoms with Crippen LogP contribution < -0.4 is 4.72 Å².